The van der Waals surface area contributed by atoms with E-state index in [1.54, 1.807) is 6.20 Å². The summed E-state index contributed by atoms with van der Waals surface area (Å²) in [7, 11) is 0. The van der Waals surface area contributed by atoms with E-state index in [1.165, 1.54) is 0 Å². The zero-order chi connectivity index (χ0) is 11.4. The van der Waals surface area contributed by atoms with Gasteiger partial charge < -0.3 is 10.6 Å². The number of aromatic nitrogens is 1. The molecule has 0 saturated carbocycles. The van der Waals surface area contributed by atoms with E-state index in [1.807, 2.05) is 25.1 Å². The standard InChI is InChI=1S/C12H17N3O/c1-9(10-5-2-3-7-13-10)15-12(16)11-6-4-8-14-11/h2-3,5,7,9,11,14H,4,6,8H2,1H3,(H,15,16)/t9?,11-/m1/s1. The van der Waals surface area contributed by atoms with Gasteiger partial charge >= 0.3 is 0 Å². The van der Waals surface area contributed by atoms with E-state index in [-0.39, 0.29) is 18.0 Å². The summed E-state index contributed by atoms with van der Waals surface area (Å²) in [5.74, 6) is 0.0793. The van der Waals surface area contributed by atoms with E-state index in [2.05, 4.69) is 15.6 Å². The molecule has 0 aliphatic carbocycles. The number of pyridine rings is 1. The molecule has 2 rings (SSSR count). The van der Waals surface area contributed by atoms with Gasteiger partial charge in [0, 0.05) is 6.20 Å². The van der Waals surface area contributed by atoms with Crippen LogP contribution in [0.4, 0.5) is 0 Å². The average molecular weight is 219 g/mol. The Hall–Kier alpha value is -1.42. The second kappa shape index (κ2) is 5.07. The lowest BCUT2D eigenvalue weighted by Gasteiger charge is -2.16. The summed E-state index contributed by atoms with van der Waals surface area (Å²) in [6, 6.07) is 5.67. The largest absolute Gasteiger partial charge is 0.347 e. The topological polar surface area (TPSA) is 54.0 Å². The molecule has 0 bridgehead atoms. The Morgan fingerprint density at radius 1 is 1.62 bits per heavy atom. The lowest BCUT2D eigenvalue weighted by molar-refractivity contribution is -0.123. The van der Waals surface area contributed by atoms with Crippen LogP contribution < -0.4 is 10.6 Å². The van der Waals surface area contributed by atoms with Gasteiger partial charge in [-0.05, 0) is 38.4 Å². The molecule has 16 heavy (non-hydrogen) atoms. The monoisotopic (exact) mass is 219 g/mol. The molecule has 86 valence electrons. The first-order chi connectivity index (χ1) is 7.77. The van der Waals surface area contributed by atoms with Crippen LogP contribution in [0, 0.1) is 0 Å². The van der Waals surface area contributed by atoms with E-state index in [4.69, 9.17) is 0 Å². The van der Waals surface area contributed by atoms with E-state index in [0.29, 0.717) is 0 Å². The predicted octanol–water partition coefficient (Wildman–Crippen LogP) is 1.01. The van der Waals surface area contributed by atoms with Crippen molar-refractivity contribution in [1.29, 1.82) is 0 Å². The Kier molecular flexibility index (Phi) is 3.51. The molecule has 1 fully saturated rings. The lowest BCUT2D eigenvalue weighted by Crippen LogP contribution is -2.41. The number of hydrogen-bond acceptors (Lipinski definition) is 3. The van der Waals surface area contributed by atoms with E-state index >= 15 is 0 Å². The molecule has 1 unspecified atom stereocenters. The van der Waals surface area contributed by atoms with Crippen LogP contribution in [-0.4, -0.2) is 23.5 Å². The van der Waals surface area contributed by atoms with Crippen molar-refractivity contribution in [3.05, 3.63) is 30.1 Å². The molecule has 0 spiro atoms. The summed E-state index contributed by atoms with van der Waals surface area (Å²) in [5.41, 5.74) is 0.897. The first-order valence-corrected chi connectivity index (χ1v) is 5.72. The van der Waals surface area contributed by atoms with Crippen LogP contribution in [0.2, 0.25) is 0 Å². The third-order valence-electron chi connectivity index (χ3n) is 2.87. The summed E-state index contributed by atoms with van der Waals surface area (Å²) in [5, 5.41) is 6.15. The predicted molar refractivity (Wildman–Crippen MR) is 61.8 cm³/mol. The zero-order valence-electron chi connectivity index (χ0n) is 9.44. The maximum absolute atomic E-state index is 11.8. The van der Waals surface area contributed by atoms with Crippen molar-refractivity contribution in [2.24, 2.45) is 0 Å². The summed E-state index contributed by atoms with van der Waals surface area (Å²) >= 11 is 0. The van der Waals surface area contributed by atoms with E-state index in [9.17, 15) is 4.79 Å². The quantitative estimate of drug-likeness (QED) is 0.797. The molecule has 1 aliphatic rings. The van der Waals surface area contributed by atoms with Gasteiger partial charge in [0.05, 0.1) is 17.8 Å². The number of rotatable bonds is 3. The number of hydrogen-bond donors (Lipinski definition) is 2. The highest BCUT2D eigenvalue weighted by Crippen LogP contribution is 2.10. The number of carbonyl (C=O) groups excluding carboxylic acids is 1. The molecular weight excluding hydrogens is 202 g/mol. The van der Waals surface area contributed by atoms with Gasteiger partial charge in [0.15, 0.2) is 0 Å². The molecule has 2 heterocycles. The average Bonchev–Trinajstić information content (AvgIpc) is 2.83. The maximum Gasteiger partial charge on any atom is 0.237 e. The summed E-state index contributed by atoms with van der Waals surface area (Å²) in [6.45, 7) is 2.89. The van der Waals surface area contributed by atoms with E-state index in [0.717, 1.165) is 25.1 Å². The number of nitrogens with zero attached hydrogens (tertiary/aromatic N) is 1. The summed E-state index contributed by atoms with van der Waals surface area (Å²) in [6.07, 6.45) is 3.75. The minimum Gasteiger partial charge on any atom is -0.347 e. The fourth-order valence-electron chi connectivity index (χ4n) is 1.93. The highest BCUT2D eigenvalue weighted by atomic mass is 16.2. The Labute approximate surface area is 95.5 Å². The third-order valence-corrected chi connectivity index (χ3v) is 2.87. The molecule has 2 N–H and O–H groups in total. The van der Waals surface area contributed by atoms with Gasteiger partial charge in [0.25, 0.3) is 0 Å². The maximum atomic E-state index is 11.8. The fraction of sp³-hybridized carbons (Fsp3) is 0.500. The number of nitrogens with one attached hydrogen (secondary N) is 2. The van der Waals surface area contributed by atoms with Gasteiger partial charge in [-0.15, -0.1) is 0 Å². The molecule has 1 aliphatic heterocycles. The van der Waals surface area contributed by atoms with Crippen molar-refractivity contribution < 1.29 is 4.79 Å². The van der Waals surface area contributed by atoms with Crippen molar-refractivity contribution in [1.82, 2.24) is 15.6 Å². The Balaban J connectivity index is 1.92. The molecule has 4 nitrogen and oxygen atoms in total. The zero-order valence-corrected chi connectivity index (χ0v) is 9.44. The van der Waals surface area contributed by atoms with Gasteiger partial charge in [0.2, 0.25) is 5.91 Å². The Bertz CT molecular complexity index is 347. The smallest absolute Gasteiger partial charge is 0.237 e. The van der Waals surface area contributed by atoms with Crippen molar-refractivity contribution in [2.75, 3.05) is 6.54 Å². The van der Waals surface area contributed by atoms with Crippen molar-refractivity contribution >= 4 is 5.91 Å². The molecular formula is C12H17N3O. The minimum atomic E-state index is -0.0314. The molecule has 1 aromatic rings. The first kappa shape index (κ1) is 11.1. The summed E-state index contributed by atoms with van der Waals surface area (Å²) in [4.78, 5) is 16.1. The number of amides is 1. The van der Waals surface area contributed by atoms with Gasteiger partial charge in [-0.3, -0.25) is 9.78 Å². The second-order valence-corrected chi connectivity index (χ2v) is 4.13. The fourth-order valence-corrected chi connectivity index (χ4v) is 1.93. The minimum absolute atomic E-state index is 0.0221. The van der Waals surface area contributed by atoms with Crippen molar-refractivity contribution in [3.63, 3.8) is 0 Å². The molecule has 2 atom stereocenters. The highest BCUT2D eigenvalue weighted by molar-refractivity contribution is 5.82. The third kappa shape index (κ3) is 2.58. The Morgan fingerprint density at radius 3 is 3.12 bits per heavy atom. The van der Waals surface area contributed by atoms with Crippen LogP contribution in [0.5, 0.6) is 0 Å². The van der Waals surface area contributed by atoms with Crippen LogP contribution >= 0.6 is 0 Å². The van der Waals surface area contributed by atoms with Crippen LogP contribution in [0.25, 0.3) is 0 Å². The summed E-state index contributed by atoms with van der Waals surface area (Å²) < 4.78 is 0. The van der Waals surface area contributed by atoms with Crippen molar-refractivity contribution in [3.8, 4) is 0 Å². The van der Waals surface area contributed by atoms with Crippen molar-refractivity contribution in [2.45, 2.75) is 31.8 Å². The van der Waals surface area contributed by atoms with Crippen LogP contribution in [-0.2, 0) is 4.79 Å². The van der Waals surface area contributed by atoms with Gasteiger partial charge in [-0.2, -0.15) is 0 Å². The van der Waals surface area contributed by atoms with Crippen LogP contribution in [0.15, 0.2) is 24.4 Å². The first-order valence-electron chi connectivity index (χ1n) is 5.72. The molecule has 4 heteroatoms. The van der Waals surface area contributed by atoms with E-state index < -0.39 is 0 Å². The second-order valence-electron chi connectivity index (χ2n) is 4.13. The van der Waals surface area contributed by atoms with Gasteiger partial charge in [-0.25, -0.2) is 0 Å². The Morgan fingerprint density at radius 2 is 2.50 bits per heavy atom. The molecule has 1 amide bonds. The molecule has 1 saturated heterocycles. The van der Waals surface area contributed by atoms with Crippen LogP contribution in [0.1, 0.15) is 31.5 Å². The van der Waals surface area contributed by atoms with Gasteiger partial charge in [0.1, 0.15) is 0 Å². The van der Waals surface area contributed by atoms with Crippen LogP contribution in [0.3, 0.4) is 0 Å². The normalized spacial score (nSPS) is 21.7. The molecule has 1 aromatic heterocycles. The number of carbonyl (C=O) groups is 1. The van der Waals surface area contributed by atoms with Gasteiger partial charge in [-0.1, -0.05) is 6.07 Å². The SMILES string of the molecule is CC(NC(=O)[C@H]1CCCN1)c1ccccn1. The molecule has 0 aromatic carbocycles. The molecule has 0 radical (unpaired) electrons. The highest BCUT2D eigenvalue weighted by Gasteiger charge is 2.23. The lowest BCUT2D eigenvalue weighted by atomic mass is 10.1.